The van der Waals surface area contributed by atoms with E-state index in [9.17, 15) is 0 Å². The molecule has 11 heteroatoms. The number of hydrogen-bond donors (Lipinski definition) is 0. The maximum Gasteiger partial charge on any atom is 0.315 e. The summed E-state index contributed by atoms with van der Waals surface area (Å²) < 4.78 is 14.0. The van der Waals surface area contributed by atoms with Gasteiger partial charge < -0.3 is 9.26 Å². The molecule has 0 unspecified atom stereocenters. The second-order valence-corrected chi connectivity index (χ2v) is 6.28. The third-order valence-corrected chi connectivity index (χ3v) is 4.27. The highest BCUT2D eigenvalue weighted by Crippen LogP contribution is 2.21. The molecule has 0 radical (unpaired) electrons. The number of aryl methyl sites for hydroxylation is 2. The van der Waals surface area contributed by atoms with E-state index in [0.717, 1.165) is 16.8 Å². The van der Waals surface area contributed by atoms with Crippen molar-refractivity contribution < 1.29 is 9.26 Å². The number of benzene rings is 1. The lowest BCUT2D eigenvalue weighted by molar-refractivity contribution is 0.253. The summed E-state index contributed by atoms with van der Waals surface area (Å²) in [7, 11) is 1.74. The molecule has 0 atom stereocenters. The van der Waals surface area contributed by atoms with Crippen LogP contribution in [0.2, 0.25) is 5.02 Å². The predicted octanol–water partition coefficient (Wildman–Crippen LogP) is 2.30. The van der Waals surface area contributed by atoms with Crippen molar-refractivity contribution in [1.82, 2.24) is 40.1 Å². The summed E-state index contributed by atoms with van der Waals surface area (Å²) in [6.45, 7) is 3.81. The van der Waals surface area contributed by atoms with Crippen molar-refractivity contribution in [2.75, 3.05) is 0 Å². The van der Waals surface area contributed by atoms with E-state index in [1.165, 1.54) is 4.68 Å². The van der Waals surface area contributed by atoms with Gasteiger partial charge in [-0.15, -0.1) is 10.2 Å². The Morgan fingerprint density at radius 1 is 1.19 bits per heavy atom. The van der Waals surface area contributed by atoms with Crippen LogP contribution in [0.1, 0.15) is 17.1 Å². The fourth-order valence-corrected chi connectivity index (χ4v) is 2.53. The zero-order valence-corrected chi connectivity index (χ0v) is 15.5. The van der Waals surface area contributed by atoms with Crippen LogP contribution in [-0.2, 0) is 13.7 Å². The van der Waals surface area contributed by atoms with E-state index >= 15 is 0 Å². The number of tetrazole rings is 1. The van der Waals surface area contributed by atoms with Gasteiger partial charge in [-0.05, 0) is 48.5 Å². The van der Waals surface area contributed by atoms with Crippen LogP contribution in [-0.4, -0.2) is 40.1 Å². The van der Waals surface area contributed by atoms with Crippen LogP contribution in [0.25, 0.3) is 17.3 Å². The smallest absolute Gasteiger partial charge is 0.315 e. The van der Waals surface area contributed by atoms with Gasteiger partial charge >= 0.3 is 6.01 Å². The highest BCUT2D eigenvalue weighted by atomic mass is 35.5. The molecule has 0 saturated carbocycles. The van der Waals surface area contributed by atoms with Crippen LogP contribution < -0.4 is 4.74 Å². The zero-order chi connectivity index (χ0) is 19.0. The van der Waals surface area contributed by atoms with Crippen molar-refractivity contribution in [2.45, 2.75) is 20.5 Å². The molecule has 0 fully saturated rings. The first kappa shape index (κ1) is 17.2. The monoisotopic (exact) mass is 386 g/mol. The van der Waals surface area contributed by atoms with Crippen molar-refractivity contribution in [3.05, 3.63) is 46.4 Å². The molecule has 0 aliphatic carbocycles. The minimum Gasteiger partial charge on any atom is -0.455 e. The molecule has 0 amide bonds. The standard InChI is InChI=1S/C16H15ClN8O2/c1-9-10(2)21-27-15(9)25-13(19-22-23-25)8-26-16-18-14(20-24(16)3)11-4-6-12(17)7-5-11/h4-7H,8H2,1-3H3. The molecule has 0 N–H and O–H groups in total. The first-order valence-electron chi connectivity index (χ1n) is 8.03. The second-order valence-electron chi connectivity index (χ2n) is 5.84. The fraction of sp³-hybridized carbons (Fsp3) is 0.250. The van der Waals surface area contributed by atoms with E-state index in [2.05, 4.69) is 30.8 Å². The van der Waals surface area contributed by atoms with Gasteiger partial charge in [-0.25, -0.2) is 4.68 Å². The molecule has 4 aromatic rings. The SMILES string of the molecule is Cc1noc(-n2nnnc2COc2nc(-c3ccc(Cl)cc3)nn2C)c1C. The number of halogens is 1. The first-order valence-corrected chi connectivity index (χ1v) is 8.41. The van der Waals surface area contributed by atoms with Crippen molar-refractivity contribution >= 4 is 11.6 Å². The topological polar surface area (TPSA) is 110 Å². The second kappa shape index (κ2) is 6.80. The summed E-state index contributed by atoms with van der Waals surface area (Å²) in [6, 6.07) is 7.58. The zero-order valence-electron chi connectivity index (χ0n) is 14.8. The molecule has 0 bridgehead atoms. The van der Waals surface area contributed by atoms with E-state index < -0.39 is 0 Å². The average Bonchev–Trinajstić information content (AvgIpc) is 3.34. The van der Waals surface area contributed by atoms with Crippen LogP contribution in [0.4, 0.5) is 0 Å². The van der Waals surface area contributed by atoms with E-state index in [0.29, 0.717) is 28.6 Å². The first-order chi connectivity index (χ1) is 13.0. The average molecular weight is 387 g/mol. The van der Waals surface area contributed by atoms with Crippen LogP contribution in [0.15, 0.2) is 28.8 Å². The Hall–Kier alpha value is -3.27. The quantitative estimate of drug-likeness (QED) is 0.513. The van der Waals surface area contributed by atoms with Crippen LogP contribution in [0.5, 0.6) is 6.01 Å². The van der Waals surface area contributed by atoms with Crippen molar-refractivity contribution in [1.29, 1.82) is 0 Å². The third kappa shape index (κ3) is 3.26. The Kier molecular flexibility index (Phi) is 4.32. The summed E-state index contributed by atoms with van der Waals surface area (Å²) in [5.41, 5.74) is 2.46. The number of hydrogen-bond acceptors (Lipinski definition) is 8. The lowest BCUT2D eigenvalue weighted by atomic mass is 10.2. The highest BCUT2D eigenvalue weighted by Gasteiger charge is 2.18. The minimum absolute atomic E-state index is 0.0821. The van der Waals surface area contributed by atoms with Gasteiger partial charge in [0.15, 0.2) is 18.3 Å². The maximum absolute atomic E-state index is 5.92. The molecule has 27 heavy (non-hydrogen) atoms. The Balaban J connectivity index is 1.54. The lowest BCUT2D eigenvalue weighted by Gasteiger charge is -2.03. The molecule has 0 spiro atoms. The summed E-state index contributed by atoms with van der Waals surface area (Å²) in [6.07, 6.45) is 0. The minimum atomic E-state index is 0.0821. The number of nitrogens with zero attached hydrogens (tertiary/aromatic N) is 8. The van der Waals surface area contributed by atoms with Crippen LogP contribution in [0.3, 0.4) is 0 Å². The van der Waals surface area contributed by atoms with Crippen LogP contribution >= 0.6 is 11.6 Å². The van der Waals surface area contributed by atoms with Crippen molar-refractivity contribution in [2.24, 2.45) is 7.05 Å². The van der Waals surface area contributed by atoms with Gasteiger partial charge in [-0.3, -0.25) is 0 Å². The Morgan fingerprint density at radius 3 is 2.67 bits per heavy atom. The van der Waals surface area contributed by atoms with Gasteiger partial charge in [0.25, 0.3) is 5.88 Å². The molecular formula is C16H15ClN8O2. The summed E-state index contributed by atoms with van der Waals surface area (Å²) in [5.74, 6) is 1.44. The fourth-order valence-electron chi connectivity index (χ4n) is 2.40. The summed E-state index contributed by atoms with van der Waals surface area (Å²) >= 11 is 5.92. The number of rotatable bonds is 5. The van der Waals surface area contributed by atoms with Gasteiger partial charge in [-0.2, -0.15) is 9.67 Å². The molecule has 0 aliphatic heterocycles. The Bertz CT molecular complexity index is 1080. The van der Waals surface area contributed by atoms with E-state index in [-0.39, 0.29) is 6.61 Å². The molecule has 10 nitrogen and oxygen atoms in total. The van der Waals surface area contributed by atoms with E-state index in [1.807, 2.05) is 26.0 Å². The summed E-state index contributed by atoms with van der Waals surface area (Å²) in [4.78, 5) is 4.41. The molecule has 3 aromatic heterocycles. The lowest BCUT2D eigenvalue weighted by Crippen LogP contribution is -2.09. The van der Waals surface area contributed by atoms with Crippen LogP contribution in [0, 0.1) is 13.8 Å². The Labute approximate surface area is 158 Å². The molecule has 4 rings (SSSR count). The van der Waals surface area contributed by atoms with E-state index in [4.69, 9.17) is 20.9 Å². The van der Waals surface area contributed by atoms with Gasteiger partial charge in [-0.1, -0.05) is 16.8 Å². The number of ether oxygens (including phenoxy) is 1. The largest absolute Gasteiger partial charge is 0.455 e. The highest BCUT2D eigenvalue weighted by molar-refractivity contribution is 6.30. The summed E-state index contributed by atoms with van der Waals surface area (Å²) in [5, 5.41) is 20.5. The molecule has 3 heterocycles. The number of aromatic nitrogens is 8. The molecule has 138 valence electrons. The van der Waals surface area contributed by atoms with Crippen molar-refractivity contribution in [3.8, 4) is 23.3 Å². The third-order valence-electron chi connectivity index (χ3n) is 4.01. The molecule has 0 saturated heterocycles. The Morgan fingerprint density at radius 2 is 1.96 bits per heavy atom. The maximum atomic E-state index is 5.92. The van der Waals surface area contributed by atoms with Gasteiger partial charge in [0, 0.05) is 23.2 Å². The van der Waals surface area contributed by atoms with Gasteiger partial charge in [0.05, 0.1) is 5.69 Å². The van der Waals surface area contributed by atoms with Gasteiger partial charge in [0.2, 0.25) is 0 Å². The van der Waals surface area contributed by atoms with Gasteiger partial charge in [0.1, 0.15) is 0 Å². The van der Waals surface area contributed by atoms with Crippen molar-refractivity contribution in [3.63, 3.8) is 0 Å². The molecule has 1 aromatic carbocycles. The molecular weight excluding hydrogens is 372 g/mol. The normalized spacial score (nSPS) is 11.1. The van der Waals surface area contributed by atoms with E-state index in [1.54, 1.807) is 23.9 Å². The molecule has 0 aliphatic rings. The predicted molar refractivity (Wildman–Crippen MR) is 94.5 cm³/mol.